The predicted molar refractivity (Wildman–Crippen MR) is 235 cm³/mol. The lowest BCUT2D eigenvalue weighted by atomic mass is 9.93. The van der Waals surface area contributed by atoms with Crippen LogP contribution < -0.4 is 31.5 Å². The van der Waals surface area contributed by atoms with Crippen LogP contribution in [0.5, 0.6) is 0 Å². The molecule has 0 saturated heterocycles. The van der Waals surface area contributed by atoms with Crippen LogP contribution >= 0.6 is 21.6 Å². The van der Waals surface area contributed by atoms with E-state index < -0.39 is 67.8 Å². The highest BCUT2D eigenvalue weighted by atomic mass is 33.1. The summed E-state index contributed by atoms with van der Waals surface area (Å²) in [5, 5.41) is 30.7. The molecule has 0 aliphatic heterocycles. The van der Waals surface area contributed by atoms with Gasteiger partial charge in [-0.3, -0.25) is 38.6 Å². The van der Waals surface area contributed by atoms with E-state index in [1.54, 1.807) is 24.6 Å². The molecule has 21 nitrogen and oxygen atoms in total. The standard InChI is InChI=1S/C37H56N8O13S4/c1-36(2,35(52)41-15-19-59-60-20-18-57-26-46)25-58-37(3,4)13-14-40-31(47)21-44(22-32(48)42-27-5-9-29(10-6-27)61(38,53)54)16-17-45(24-34(50)51)23-33(49)43-28-7-11-30(12-8-28)62(39,55)56/h5-12,26H,13-25H2,1-4H3,(H,40,47)(H,41,52)(H,42,48)(H,43,49)(H,50,51)(H2,38,53,54)(H2,39,55,56). The van der Waals surface area contributed by atoms with Crippen molar-refractivity contribution in [3.8, 4) is 0 Å². The van der Waals surface area contributed by atoms with Gasteiger partial charge in [-0.1, -0.05) is 21.6 Å². The number of anilines is 2. The molecule has 4 amide bonds. The van der Waals surface area contributed by atoms with Crippen LogP contribution in [0, 0.1) is 5.41 Å². The van der Waals surface area contributed by atoms with Crippen molar-refractivity contribution in [3.63, 3.8) is 0 Å². The number of nitrogens with two attached hydrogens (primary N) is 2. The number of rotatable bonds is 30. The van der Waals surface area contributed by atoms with Crippen molar-refractivity contribution in [3.05, 3.63) is 48.5 Å². The van der Waals surface area contributed by atoms with Gasteiger partial charge in [0.2, 0.25) is 43.7 Å². The lowest BCUT2D eigenvalue weighted by Crippen LogP contribution is -2.47. The topological polar surface area (TPSA) is 316 Å². The van der Waals surface area contributed by atoms with Crippen molar-refractivity contribution in [2.45, 2.75) is 49.5 Å². The third-order valence-corrected chi connectivity index (χ3v) is 12.7. The molecular formula is C37H56N8O13S4. The number of carboxylic acid groups (broad SMARTS) is 1. The van der Waals surface area contributed by atoms with E-state index >= 15 is 0 Å². The van der Waals surface area contributed by atoms with Crippen molar-refractivity contribution < 1.29 is 60.2 Å². The molecule has 0 fully saturated rings. The van der Waals surface area contributed by atoms with Crippen molar-refractivity contribution in [1.82, 2.24) is 20.4 Å². The number of nitrogens with zero attached hydrogens (tertiary/aromatic N) is 2. The number of hydrogen-bond acceptors (Lipinski definition) is 16. The molecule has 0 radical (unpaired) electrons. The molecule has 0 heterocycles. The number of hydrogen-bond donors (Lipinski definition) is 7. The molecular weight excluding hydrogens is 893 g/mol. The minimum atomic E-state index is -3.98. The first-order valence-corrected chi connectivity index (χ1v) is 24.5. The average molecular weight is 949 g/mol. The first-order chi connectivity index (χ1) is 28.9. The summed E-state index contributed by atoms with van der Waals surface area (Å²) in [6.07, 6.45) is 0.347. The summed E-state index contributed by atoms with van der Waals surface area (Å²) in [7, 11) is -4.87. The fraction of sp³-hybridized carbons (Fsp3) is 0.514. The Balaban J connectivity index is 2.03. The van der Waals surface area contributed by atoms with Gasteiger partial charge in [0.1, 0.15) is 6.61 Å². The zero-order valence-corrected chi connectivity index (χ0v) is 38.2. The smallest absolute Gasteiger partial charge is 0.317 e. The van der Waals surface area contributed by atoms with Gasteiger partial charge in [-0.25, -0.2) is 27.1 Å². The molecule has 346 valence electrons. The highest BCUT2D eigenvalue weighted by molar-refractivity contribution is 8.76. The van der Waals surface area contributed by atoms with Gasteiger partial charge in [0, 0.05) is 49.1 Å². The van der Waals surface area contributed by atoms with Gasteiger partial charge in [0.15, 0.2) is 0 Å². The molecule has 0 bridgehead atoms. The molecule has 2 aromatic carbocycles. The second-order valence-corrected chi connectivity index (χ2v) is 20.8. The van der Waals surface area contributed by atoms with Crippen LogP contribution in [-0.4, -0.2) is 150 Å². The minimum Gasteiger partial charge on any atom is -0.480 e. The summed E-state index contributed by atoms with van der Waals surface area (Å²) in [4.78, 5) is 76.4. The van der Waals surface area contributed by atoms with Crippen molar-refractivity contribution in [2.75, 3.05) is 87.7 Å². The highest BCUT2D eigenvalue weighted by Gasteiger charge is 2.31. The van der Waals surface area contributed by atoms with Crippen LogP contribution in [0.2, 0.25) is 0 Å². The molecule has 0 aliphatic rings. The first-order valence-electron chi connectivity index (χ1n) is 18.9. The summed E-state index contributed by atoms with van der Waals surface area (Å²) in [6, 6.07) is 10.1. The van der Waals surface area contributed by atoms with Gasteiger partial charge in [-0.05, 0) is 82.6 Å². The number of primary sulfonamides is 2. The lowest BCUT2D eigenvalue weighted by molar-refractivity contribution is -0.139. The number of ether oxygens (including phenoxy) is 2. The Labute approximate surface area is 369 Å². The Morgan fingerprint density at radius 3 is 1.65 bits per heavy atom. The molecule has 25 heteroatoms. The molecule has 62 heavy (non-hydrogen) atoms. The molecule has 0 atom stereocenters. The van der Waals surface area contributed by atoms with E-state index in [1.165, 1.54) is 69.1 Å². The number of carbonyl (C=O) groups is 6. The van der Waals surface area contributed by atoms with E-state index in [4.69, 9.17) is 15.0 Å². The number of amides is 4. The predicted octanol–water partition coefficient (Wildman–Crippen LogP) is 0.246. The maximum Gasteiger partial charge on any atom is 0.317 e. The third-order valence-electron chi connectivity index (χ3n) is 8.52. The Hall–Kier alpha value is -4.34. The lowest BCUT2D eigenvalue weighted by Gasteiger charge is -2.31. The van der Waals surface area contributed by atoms with Crippen LogP contribution in [0.3, 0.4) is 0 Å². The van der Waals surface area contributed by atoms with Gasteiger partial charge in [-0.15, -0.1) is 0 Å². The second-order valence-electron chi connectivity index (χ2n) is 14.9. The number of nitrogens with one attached hydrogen (secondary N) is 4. The molecule has 0 aromatic heterocycles. The molecule has 2 aromatic rings. The summed E-state index contributed by atoms with van der Waals surface area (Å²) in [5.41, 5.74) is -1.16. The molecule has 2 rings (SSSR count). The van der Waals surface area contributed by atoms with E-state index in [2.05, 4.69) is 26.0 Å². The zero-order chi connectivity index (χ0) is 46.6. The highest BCUT2D eigenvalue weighted by Crippen LogP contribution is 2.23. The Morgan fingerprint density at radius 1 is 0.710 bits per heavy atom. The van der Waals surface area contributed by atoms with E-state index in [0.29, 0.717) is 37.6 Å². The van der Waals surface area contributed by atoms with Crippen LogP contribution in [-0.2, 0) is 58.3 Å². The SMILES string of the molecule is CC(C)(CCNC(=O)CN(CCN(CC(=O)O)CC(=O)Nc1ccc(S(N)(=O)=O)cc1)CC(=O)Nc1ccc(S(N)(=O)=O)cc1)OCC(C)(C)C(=O)NCCSSCCOC=O. The number of sulfonamides is 2. The molecule has 9 N–H and O–H groups in total. The van der Waals surface area contributed by atoms with Crippen LogP contribution in [0.25, 0.3) is 0 Å². The van der Waals surface area contributed by atoms with Gasteiger partial charge >= 0.3 is 5.97 Å². The first kappa shape index (κ1) is 53.8. The Kier molecular flexibility index (Phi) is 22.3. The number of benzene rings is 2. The molecule has 0 unspecified atom stereocenters. The van der Waals surface area contributed by atoms with Gasteiger partial charge in [-0.2, -0.15) is 0 Å². The Morgan fingerprint density at radius 2 is 1.18 bits per heavy atom. The van der Waals surface area contributed by atoms with Crippen LogP contribution in [0.1, 0.15) is 34.1 Å². The van der Waals surface area contributed by atoms with Crippen LogP contribution in [0.15, 0.2) is 58.3 Å². The summed E-state index contributed by atoms with van der Waals surface area (Å²) < 4.78 is 57.1. The maximum absolute atomic E-state index is 13.2. The number of aliphatic carboxylic acids is 1. The summed E-state index contributed by atoms with van der Waals surface area (Å²) in [6.45, 7) is 6.70. The van der Waals surface area contributed by atoms with Crippen molar-refractivity contribution >= 4 is 89.1 Å². The molecule has 0 saturated carbocycles. The van der Waals surface area contributed by atoms with Crippen molar-refractivity contribution in [1.29, 1.82) is 0 Å². The summed E-state index contributed by atoms with van der Waals surface area (Å²) >= 11 is 0. The van der Waals surface area contributed by atoms with E-state index in [0.717, 1.165) is 0 Å². The minimum absolute atomic E-state index is 0.0611. The van der Waals surface area contributed by atoms with E-state index in [-0.39, 0.29) is 66.4 Å². The second kappa shape index (κ2) is 25.7. The number of carboxylic acids is 1. The largest absolute Gasteiger partial charge is 0.480 e. The van der Waals surface area contributed by atoms with Gasteiger partial charge in [0.25, 0.3) is 6.47 Å². The zero-order valence-electron chi connectivity index (χ0n) is 34.9. The monoisotopic (exact) mass is 948 g/mol. The molecule has 0 spiro atoms. The maximum atomic E-state index is 13.2. The van der Waals surface area contributed by atoms with Gasteiger partial charge < -0.3 is 35.8 Å². The van der Waals surface area contributed by atoms with E-state index in [1.807, 2.05) is 13.8 Å². The quantitative estimate of drug-likeness (QED) is 0.0314. The van der Waals surface area contributed by atoms with Crippen molar-refractivity contribution in [2.24, 2.45) is 15.7 Å². The summed E-state index contributed by atoms with van der Waals surface area (Å²) in [5.74, 6) is -1.86. The average Bonchev–Trinajstić information content (AvgIpc) is 3.16. The normalized spacial score (nSPS) is 12.1. The fourth-order valence-electron chi connectivity index (χ4n) is 5.13. The van der Waals surface area contributed by atoms with E-state index in [9.17, 15) is 50.7 Å². The van der Waals surface area contributed by atoms with Crippen LogP contribution in [0.4, 0.5) is 11.4 Å². The van der Waals surface area contributed by atoms with Gasteiger partial charge in [0.05, 0.1) is 53.6 Å². The Bertz CT molecular complexity index is 2040. The number of carbonyl (C=O) groups excluding carboxylic acids is 5. The molecule has 0 aliphatic carbocycles. The fourth-order valence-corrected chi connectivity index (χ4v) is 7.91. The third kappa shape index (κ3) is 22.1.